The molecule has 0 unspecified atom stereocenters. The van der Waals surface area contributed by atoms with Gasteiger partial charge in [0.1, 0.15) is 5.69 Å². The maximum atomic E-state index is 13.0. The zero-order valence-electron chi connectivity index (χ0n) is 16.6. The number of benzene rings is 4. The first-order valence-corrected chi connectivity index (χ1v) is 9.95. The van der Waals surface area contributed by atoms with Crippen molar-refractivity contribution in [3.05, 3.63) is 108 Å². The fourth-order valence-corrected chi connectivity index (χ4v) is 3.88. The van der Waals surface area contributed by atoms with Crippen molar-refractivity contribution in [1.82, 2.24) is 4.98 Å². The molecular weight excluding hydrogens is 368 g/mol. The third-order valence-electron chi connectivity index (χ3n) is 5.31. The highest BCUT2D eigenvalue weighted by molar-refractivity contribution is 6.12. The molecule has 5 rings (SSSR count). The molecule has 0 aliphatic carbocycles. The first-order chi connectivity index (χ1) is 14.7. The van der Waals surface area contributed by atoms with Crippen LogP contribution >= 0.6 is 0 Å². The molecule has 0 radical (unpaired) electrons. The predicted octanol–water partition coefficient (Wildman–Crippen LogP) is 6.62. The van der Waals surface area contributed by atoms with Gasteiger partial charge in [0.2, 0.25) is 0 Å². The van der Waals surface area contributed by atoms with Crippen molar-refractivity contribution in [2.24, 2.45) is 0 Å². The van der Waals surface area contributed by atoms with E-state index >= 15 is 0 Å². The van der Waals surface area contributed by atoms with Crippen LogP contribution in [0.2, 0.25) is 0 Å². The van der Waals surface area contributed by atoms with E-state index in [1.807, 2.05) is 42.5 Å². The van der Waals surface area contributed by atoms with Crippen LogP contribution in [0.4, 0.5) is 5.69 Å². The zero-order chi connectivity index (χ0) is 20.5. The molecule has 30 heavy (non-hydrogen) atoms. The lowest BCUT2D eigenvalue weighted by Gasteiger charge is -2.13. The molecule has 0 saturated heterocycles. The van der Waals surface area contributed by atoms with Gasteiger partial charge in [0, 0.05) is 16.5 Å². The van der Waals surface area contributed by atoms with Crippen molar-refractivity contribution >= 4 is 33.3 Å². The van der Waals surface area contributed by atoms with Crippen LogP contribution in [-0.4, -0.2) is 10.9 Å². The van der Waals surface area contributed by atoms with Gasteiger partial charge in [-0.3, -0.25) is 4.79 Å². The molecule has 144 valence electrons. The molecule has 4 aromatic carbocycles. The smallest absolute Gasteiger partial charge is 0.274 e. The summed E-state index contributed by atoms with van der Waals surface area (Å²) in [5, 5.41) is 6.21. The third-order valence-corrected chi connectivity index (χ3v) is 5.31. The molecule has 1 aromatic heterocycles. The van der Waals surface area contributed by atoms with Crippen molar-refractivity contribution in [2.75, 3.05) is 5.32 Å². The fourth-order valence-electron chi connectivity index (χ4n) is 3.88. The highest BCUT2D eigenvalue weighted by Crippen LogP contribution is 2.34. The van der Waals surface area contributed by atoms with Crippen molar-refractivity contribution < 1.29 is 4.79 Å². The summed E-state index contributed by atoms with van der Waals surface area (Å²) in [6.07, 6.45) is 0. The Hall–Kier alpha value is -3.98. The average Bonchev–Trinajstić information content (AvgIpc) is 2.78. The van der Waals surface area contributed by atoms with Gasteiger partial charge in [-0.1, -0.05) is 84.4 Å². The van der Waals surface area contributed by atoms with Crippen LogP contribution < -0.4 is 5.32 Å². The number of hydrogen-bond donors (Lipinski definition) is 1. The van der Waals surface area contributed by atoms with Crippen molar-refractivity contribution in [3.63, 3.8) is 0 Å². The number of pyridine rings is 1. The van der Waals surface area contributed by atoms with E-state index in [1.54, 1.807) is 6.07 Å². The van der Waals surface area contributed by atoms with Gasteiger partial charge >= 0.3 is 0 Å². The number of carbonyl (C=O) groups is 1. The molecule has 1 N–H and O–H groups in total. The Balaban J connectivity index is 1.59. The molecule has 0 bridgehead atoms. The van der Waals surface area contributed by atoms with Crippen LogP contribution in [0, 0.1) is 6.92 Å². The number of nitrogens with zero attached hydrogens (tertiary/aromatic N) is 1. The quantitative estimate of drug-likeness (QED) is 0.377. The Morgan fingerprint density at radius 1 is 0.767 bits per heavy atom. The summed E-state index contributed by atoms with van der Waals surface area (Å²) in [5.74, 6) is -0.215. The molecule has 3 nitrogen and oxygen atoms in total. The standard InChI is InChI=1S/C27H20N2O/c1-18-7-4-11-21(17-18)22-12-5-9-20-10-6-14-24(26(20)22)29-27(30)25-16-15-19-8-2-3-13-23(19)28-25/h2-17H,1H3,(H,29,30). The number of aryl methyl sites for hydroxylation is 1. The van der Waals surface area contributed by atoms with E-state index in [1.165, 1.54) is 5.56 Å². The highest BCUT2D eigenvalue weighted by atomic mass is 16.1. The minimum absolute atomic E-state index is 0.215. The molecule has 3 heteroatoms. The summed E-state index contributed by atoms with van der Waals surface area (Å²) in [6, 6.07) is 32.1. The molecule has 0 saturated carbocycles. The van der Waals surface area contributed by atoms with Crippen molar-refractivity contribution in [1.29, 1.82) is 0 Å². The number of nitrogens with one attached hydrogen (secondary N) is 1. The second kappa shape index (κ2) is 7.45. The van der Waals surface area contributed by atoms with Gasteiger partial charge in [0.25, 0.3) is 5.91 Å². The maximum absolute atomic E-state index is 13.0. The molecule has 0 aliphatic rings. The van der Waals surface area contributed by atoms with E-state index in [0.29, 0.717) is 5.69 Å². The largest absolute Gasteiger partial charge is 0.320 e. The maximum Gasteiger partial charge on any atom is 0.274 e. The number of fused-ring (bicyclic) bond motifs is 2. The second-order valence-corrected chi connectivity index (χ2v) is 7.42. The van der Waals surface area contributed by atoms with E-state index in [9.17, 15) is 4.79 Å². The summed E-state index contributed by atoms with van der Waals surface area (Å²) < 4.78 is 0. The third kappa shape index (κ3) is 3.31. The molecule has 1 amide bonds. The molecular formula is C27H20N2O. The van der Waals surface area contributed by atoms with E-state index in [0.717, 1.165) is 38.5 Å². The summed E-state index contributed by atoms with van der Waals surface area (Å²) in [6.45, 7) is 2.09. The number of hydrogen-bond acceptors (Lipinski definition) is 2. The van der Waals surface area contributed by atoms with Gasteiger partial charge in [0.05, 0.1) is 5.52 Å². The summed E-state index contributed by atoms with van der Waals surface area (Å²) >= 11 is 0. The Bertz CT molecular complexity index is 1400. The topological polar surface area (TPSA) is 42.0 Å². The Morgan fingerprint density at radius 2 is 1.53 bits per heavy atom. The molecule has 0 atom stereocenters. The molecule has 1 heterocycles. The molecule has 5 aromatic rings. The second-order valence-electron chi connectivity index (χ2n) is 7.42. The van der Waals surface area contributed by atoms with Gasteiger partial charge < -0.3 is 5.32 Å². The number of aromatic nitrogens is 1. The van der Waals surface area contributed by atoms with Crippen LogP contribution in [0.3, 0.4) is 0 Å². The van der Waals surface area contributed by atoms with Crippen LogP contribution in [-0.2, 0) is 0 Å². The van der Waals surface area contributed by atoms with Gasteiger partial charge in [0.15, 0.2) is 0 Å². The van der Waals surface area contributed by atoms with Crippen LogP contribution in [0.5, 0.6) is 0 Å². The van der Waals surface area contributed by atoms with E-state index in [2.05, 4.69) is 65.8 Å². The molecule has 0 aliphatic heterocycles. The van der Waals surface area contributed by atoms with Gasteiger partial charge in [-0.15, -0.1) is 0 Å². The van der Waals surface area contributed by atoms with Crippen LogP contribution in [0.1, 0.15) is 16.1 Å². The fraction of sp³-hybridized carbons (Fsp3) is 0.0370. The number of para-hydroxylation sites is 1. The van der Waals surface area contributed by atoms with Crippen molar-refractivity contribution in [2.45, 2.75) is 6.92 Å². The van der Waals surface area contributed by atoms with E-state index in [-0.39, 0.29) is 5.91 Å². The Kier molecular flexibility index (Phi) is 4.49. The lowest BCUT2D eigenvalue weighted by atomic mass is 9.96. The normalized spacial score (nSPS) is 11.0. The SMILES string of the molecule is Cc1cccc(-c2cccc3cccc(NC(=O)c4ccc5ccccc5n4)c23)c1. The number of carbonyl (C=O) groups excluding carboxylic acids is 1. The number of anilines is 1. The Labute approximate surface area is 175 Å². The lowest BCUT2D eigenvalue weighted by molar-refractivity contribution is 0.102. The summed E-state index contributed by atoms with van der Waals surface area (Å²) in [4.78, 5) is 17.6. The minimum atomic E-state index is -0.215. The first-order valence-electron chi connectivity index (χ1n) is 9.95. The van der Waals surface area contributed by atoms with Crippen molar-refractivity contribution in [3.8, 4) is 11.1 Å². The van der Waals surface area contributed by atoms with Gasteiger partial charge in [-0.2, -0.15) is 0 Å². The zero-order valence-corrected chi connectivity index (χ0v) is 16.6. The van der Waals surface area contributed by atoms with Gasteiger partial charge in [-0.05, 0) is 41.6 Å². The minimum Gasteiger partial charge on any atom is -0.320 e. The van der Waals surface area contributed by atoms with E-state index < -0.39 is 0 Å². The Morgan fingerprint density at radius 3 is 2.40 bits per heavy atom. The highest BCUT2D eigenvalue weighted by Gasteiger charge is 2.13. The number of rotatable bonds is 3. The summed E-state index contributed by atoms with van der Waals surface area (Å²) in [5.41, 5.74) is 5.42. The lowest BCUT2D eigenvalue weighted by Crippen LogP contribution is -2.14. The van der Waals surface area contributed by atoms with Crippen LogP contribution in [0.25, 0.3) is 32.8 Å². The summed E-state index contributed by atoms with van der Waals surface area (Å²) in [7, 11) is 0. The average molecular weight is 388 g/mol. The molecule has 0 fully saturated rings. The molecule has 0 spiro atoms. The monoisotopic (exact) mass is 388 g/mol. The van der Waals surface area contributed by atoms with Gasteiger partial charge in [-0.25, -0.2) is 4.98 Å². The predicted molar refractivity (Wildman–Crippen MR) is 124 cm³/mol. The van der Waals surface area contributed by atoms with E-state index in [4.69, 9.17) is 0 Å². The van der Waals surface area contributed by atoms with Crippen LogP contribution in [0.15, 0.2) is 97.1 Å². The number of amides is 1. The first kappa shape index (κ1) is 18.1.